The van der Waals surface area contributed by atoms with Crippen LogP contribution in [0.15, 0.2) is 41.3 Å². The van der Waals surface area contributed by atoms with Crippen molar-refractivity contribution in [3.63, 3.8) is 0 Å². The van der Waals surface area contributed by atoms with Crippen LogP contribution in [-0.4, -0.2) is 18.3 Å². The van der Waals surface area contributed by atoms with E-state index < -0.39 is 0 Å². The first-order valence-corrected chi connectivity index (χ1v) is 8.55. The molecule has 23 heavy (non-hydrogen) atoms. The van der Waals surface area contributed by atoms with Gasteiger partial charge in [-0.3, -0.25) is 4.79 Å². The van der Waals surface area contributed by atoms with Gasteiger partial charge in [0.2, 0.25) is 5.91 Å². The Kier molecular flexibility index (Phi) is 5.97. The molecule has 122 valence electrons. The van der Waals surface area contributed by atoms with E-state index in [1.807, 2.05) is 6.92 Å². The van der Waals surface area contributed by atoms with Gasteiger partial charge < -0.3 is 10.1 Å². The molecule has 3 nitrogen and oxygen atoms in total. The molecule has 0 unspecified atom stereocenters. The average Bonchev–Trinajstić information content (AvgIpc) is 2.50. The molecule has 2 aromatic carbocycles. The predicted octanol–water partition coefficient (Wildman–Crippen LogP) is 5.08. The maximum Gasteiger partial charge on any atom is 0.237 e. The summed E-state index contributed by atoms with van der Waals surface area (Å²) in [6.45, 7) is 6.00. The summed E-state index contributed by atoms with van der Waals surface area (Å²) in [7, 11) is 1.56. The average molecular weight is 350 g/mol. The van der Waals surface area contributed by atoms with E-state index in [4.69, 9.17) is 16.3 Å². The van der Waals surface area contributed by atoms with E-state index in [0.29, 0.717) is 16.5 Å². The lowest BCUT2D eigenvalue weighted by Gasteiger charge is -2.15. The molecule has 0 aliphatic heterocycles. The molecule has 0 saturated heterocycles. The van der Waals surface area contributed by atoms with Gasteiger partial charge in [0.1, 0.15) is 5.75 Å². The number of carbonyl (C=O) groups is 1. The van der Waals surface area contributed by atoms with Crippen LogP contribution >= 0.6 is 23.4 Å². The van der Waals surface area contributed by atoms with Crippen molar-refractivity contribution >= 4 is 35.0 Å². The number of nitrogens with one attached hydrogen (secondary N) is 1. The van der Waals surface area contributed by atoms with Crippen LogP contribution in [0.3, 0.4) is 0 Å². The Morgan fingerprint density at radius 2 is 1.96 bits per heavy atom. The van der Waals surface area contributed by atoms with Gasteiger partial charge in [-0.1, -0.05) is 29.3 Å². The topological polar surface area (TPSA) is 38.3 Å². The molecule has 0 fully saturated rings. The maximum atomic E-state index is 12.4. The summed E-state index contributed by atoms with van der Waals surface area (Å²) < 4.78 is 5.25. The highest BCUT2D eigenvalue weighted by atomic mass is 35.5. The lowest BCUT2D eigenvalue weighted by Crippen LogP contribution is -2.22. The first-order valence-electron chi connectivity index (χ1n) is 7.29. The zero-order valence-electron chi connectivity index (χ0n) is 13.6. The summed E-state index contributed by atoms with van der Waals surface area (Å²) in [4.78, 5) is 13.6. The molecule has 0 bridgehead atoms. The van der Waals surface area contributed by atoms with E-state index in [1.165, 1.54) is 22.9 Å². The highest BCUT2D eigenvalue weighted by Gasteiger charge is 2.17. The van der Waals surface area contributed by atoms with Crippen molar-refractivity contribution in [2.75, 3.05) is 12.4 Å². The third-order valence-corrected chi connectivity index (χ3v) is 4.94. The second-order valence-electron chi connectivity index (χ2n) is 5.36. The summed E-state index contributed by atoms with van der Waals surface area (Å²) >= 11 is 7.53. The number of methoxy groups -OCH3 is 1. The molecule has 1 amide bonds. The molecule has 0 saturated carbocycles. The minimum Gasteiger partial charge on any atom is -0.495 e. The quantitative estimate of drug-likeness (QED) is 0.764. The zero-order chi connectivity index (χ0) is 17.0. The summed E-state index contributed by atoms with van der Waals surface area (Å²) in [5, 5.41) is 3.20. The van der Waals surface area contributed by atoms with Crippen LogP contribution < -0.4 is 10.1 Å². The van der Waals surface area contributed by atoms with Crippen molar-refractivity contribution in [3.05, 3.63) is 52.5 Å². The van der Waals surface area contributed by atoms with Crippen molar-refractivity contribution in [1.29, 1.82) is 0 Å². The lowest BCUT2D eigenvalue weighted by molar-refractivity contribution is -0.115. The molecule has 0 radical (unpaired) electrons. The Balaban J connectivity index is 2.10. The van der Waals surface area contributed by atoms with Crippen LogP contribution in [0.4, 0.5) is 5.69 Å². The standard InChI is InChI=1S/C18H20ClNO2S/c1-11-5-8-17(12(2)9-11)23-13(3)18(21)20-15-10-14(19)6-7-16(15)22-4/h5-10,13H,1-4H3,(H,20,21)/t13-/m0/s1. The Labute approximate surface area is 146 Å². The number of hydrogen-bond acceptors (Lipinski definition) is 3. The molecule has 1 atom stereocenters. The Morgan fingerprint density at radius 1 is 1.22 bits per heavy atom. The third kappa shape index (κ3) is 4.66. The Bertz CT molecular complexity index is 718. The van der Waals surface area contributed by atoms with Gasteiger partial charge in [-0.15, -0.1) is 11.8 Å². The molecule has 0 aromatic heterocycles. The zero-order valence-corrected chi connectivity index (χ0v) is 15.2. The number of aryl methyl sites for hydroxylation is 2. The molecule has 0 heterocycles. The van der Waals surface area contributed by atoms with Gasteiger partial charge in [0.05, 0.1) is 18.0 Å². The van der Waals surface area contributed by atoms with Gasteiger partial charge in [0, 0.05) is 9.92 Å². The van der Waals surface area contributed by atoms with E-state index in [-0.39, 0.29) is 11.2 Å². The summed E-state index contributed by atoms with van der Waals surface area (Å²) in [6, 6.07) is 11.4. The number of carbonyl (C=O) groups excluding carboxylic acids is 1. The fourth-order valence-electron chi connectivity index (χ4n) is 2.19. The maximum absolute atomic E-state index is 12.4. The first-order chi connectivity index (χ1) is 10.9. The third-order valence-electron chi connectivity index (χ3n) is 3.42. The van der Waals surface area contributed by atoms with Crippen LogP contribution in [-0.2, 0) is 4.79 Å². The number of thioether (sulfide) groups is 1. The number of halogens is 1. The van der Waals surface area contributed by atoms with Crippen molar-refractivity contribution in [1.82, 2.24) is 0 Å². The van der Waals surface area contributed by atoms with Crippen LogP contribution in [0.1, 0.15) is 18.1 Å². The normalized spacial score (nSPS) is 11.9. The number of rotatable bonds is 5. The highest BCUT2D eigenvalue weighted by Crippen LogP contribution is 2.31. The molecule has 1 N–H and O–H groups in total. The minimum atomic E-state index is -0.236. The number of anilines is 1. The molecule has 0 spiro atoms. The number of amides is 1. The van der Waals surface area contributed by atoms with Crippen LogP contribution in [0.25, 0.3) is 0 Å². The van der Waals surface area contributed by atoms with E-state index in [9.17, 15) is 4.79 Å². The fraction of sp³-hybridized carbons (Fsp3) is 0.278. The summed E-state index contributed by atoms with van der Waals surface area (Å²) in [5.41, 5.74) is 2.97. The predicted molar refractivity (Wildman–Crippen MR) is 97.9 cm³/mol. The van der Waals surface area contributed by atoms with Gasteiger partial charge in [0.25, 0.3) is 0 Å². The Morgan fingerprint density at radius 3 is 2.61 bits per heavy atom. The lowest BCUT2D eigenvalue weighted by atomic mass is 10.2. The Hall–Kier alpha value is -1.65. The largest absolute Gasteiger partial charge is 0.495 e. The van der Waals surface area contributed by atoms with E-state index in [2.05, 4.69) is 37.4 Å². The molecular weight excluding hydrogens is 330 g/mol. The van der Waals surface area contributed by atoms with Crippen molar-refractivity contribution in [2.45, 2.75) is 30.9 Å². The van der Waals surface area contributed by atoms with Gasteiger partial charge in [-0.05, 0) is 50.6 Å². The van der Waals surface area contributed by atoms with Gasteiger partial charge in [-0.25, -0.2) is 0 Å². The van der Waals surface area contributed by atoms with Crippen LogP contribution in [0.2, 0.25) is 5.02 Å². The highest BCUT2D eigenvalue weighted by molar-refractivity contribution is 8.00. The van der Waals surface area contributed by atoms with Crippen LogP contribution in [0, 0.1) is 13.8 Å². The fourth-order valence-corrected chi connectivity index (χ4v) is 3.30. The summed E-state index contributed by atoms with van der Waals surface area (Å²) in [5.74, 6) is 0.502. The smallest absolute Gasteiger partial charge is 0.237 e. The van der Waals surface area contributed by atoms with Crippen molar-refractivity contribution in [3.8, 4) is 5.75 Å². The molecule has 0 aliphatic carbocycles. The number of hydrogen-bond donors (Lipinski definition) is 1. The second-order valence-corrected chi connectivity index (χ2v) is 7.18. The van der Waals surface area contributed by atoms with E-state index >= 15 is 0 Å². The second kappa shape index (κ2) is 7.75. The van der Waals surface area contributed by atoms with Crippen molar-refractivity contribution < 1.29 is 9.53 Å². The number of benzene rings is 2. The molecule has 5 heteroatoms. The SMILES string of the molecule is COc1ccc(Cl)cc1NC(=O)[C@H](C)Sc1ccc(C)cc1C. The number of ether oxygens (including phenoxy) is 1. The van der Waals surface area contributed by atoms with Crippen LogP contribution in [0.5, 0.6) is 5.75 Å². The molecule has 0 aliphatic rings. The monoisotopic (exact) mass is 349 g/mol. The van der Waals surface area contributed by atoms with Crippen molar-refractivity contribution in [2.24, 2.45) is 0 Å². The molecule has 2 aromatic rings. The van der Waals surface area contributed by atoms with Gasteiger partial charge in [-0.2, -0.15) is 0 Å². The van der Waals surface area contributed by atoms with Gasteiger partial charge in [0.15, 0.2) is 0 Å². The van der Waals surface area contributed by atoms with E-state index in [0.717, 1.165) is 4.90 Å². The summed E-state index contributed by atoms with van der Waals surface area (Å²) in [6.07, 6.45) is 0. The minimum absolute atomic E-state index is 0.0875. The first kappa shape index (κ1) is 17.7. The molecular formula is C18H20ClNO2S. The van der Waals surface area contributed by atoms with Gasteiger partial charge >= 0.3 is 0 Å². The molecule has 2 rings (SSSR count). The van der Waals surface area contributed by atoms with E-state index in [1.54, 1.807) is 25.3 Å².